The molecule has 1 aliphatic heterocycles. The molecule has 1 heterocycles. The molecule has 108 valence electrons. The number of Topliss-reactive ketones (excluding diaryl/α,β-unsaturated/α-hetero) is 1. The fraction of sp³-hybridized carbons (Fsp3) is 0.188. The van der Waals surface area contributed by atoms with Gasteiger partial charge in [-0.15, -0.1) is 0 Å². The molecular weight excluding hydrogens is 334 g/mol. The predicted octanol–water partition coefficient (Wildman–Crippen LogP) is 3.17. The Balaban J connectivity index is 1.97. The van der Waals surface area contributed by atoms with Crippen molar-refractivity contribution in [2.45, 2.75) is 12.1 Å². The minimum absolute atomic E-state index is 0.272. The lowest BCUT2D eigenvalue weighted by atomic mass is 9.90. The molecule has 0 fully saturated rings. The summed E-state index contributed by atoms with van der Waals surface area (Å²) in [6.07, 6.45) is -1.11. The second kappa shape index (κ2) is 5.50. The second-order valence-electron chi connectivity index (χ2n) is 4.89. The van der Waals surface area contributed by atoms with Gasteiger partial charge in [0, 0.05) is 15.7 Å². The van der Waals surface area contributed by atoms with E-state index in [1.54, 1.807) is 13.2 Å². The number of halogens is 1. The van der Waals surface area contributed by atoms with Gasteiger partial charge in [-0.3, -0.25) is 4.79 Å². The summed E-state index contributed by atoms with van der Waals surface area (Å²) in [7, 11) is 1.60. The van der Waals surface area contributed by atoms with Crippen molar-refractivity contribution in [3.63, 3.8) is 0 Å². The predicted molar refractivity (Wildman–Crippen MR) is 83.8 cm³/mol. The fourth-order valence-electron chi connectivity index (χ4n) is 2.48. The zero-order chi connectivity index (χ0) is 15.0. The van der Waals surface area contributed by atoms with Gasteiger partial charge < -0.3 is 15.2 Å². The Labute approximate surface area is 130 Å². The number of methoxy groups -OCH3 is 1. The highest BCUT2D eigenvalue weighted by molar-refractivity contribution is 9.10. The number of fused-ring (bicyclic) bond motifs is 1. The second-order valence-corrected chi connectivity index (χ2v) is 5.81. The summed E-state index contributed by atoms with van der Waals surface area (Å²) in [5.74, 6) is 0.463. The number of carbonyl (C=O) groups excluding carboxylic acids is 1. The highest BCUT2D eigenvalue weighted by Crippen LogP contribution is 2.34. The van der Waals surface area contributed by atoms with Crippen molar-refractivity contribution in [3.8, 4) is 5.75 Å². The molecule has 2 atom stereocenters. The minimum atomic E-state index is -1.11. The first-order valence-corrected chi connectivity index (χ1v) is 7.32. The molecule has 0 amide bonds. The van der Waals surface area contributed by atoms with Crippen LogP contribution in [0.15, 0.2) is 46.9 Å². The number of nitrogens with one attached hydrogen (secondary N) is 1. The van der Waals surface area contributed by atoms with Crippen LogP contribution >= 0.6 is 15.9 Å². The van der Waals surface area contributed by atoms with E-state index in [0.717, 1.165) is 21.5 Å². The lowest BCUT2D eigenvalue weighted by molar-refractivity contribution is 0.0695. The van der Waals surface area contributed by atoms with Crippen LogP contribution in [0.1, 0.15) is 22.0 Å². The van der Waals surface area contributed by atoms with Gasteiger partial charge in [0.15, 0.2) is 5.78 Å². The molecule has 2 aromatic carbocycles. The van der Waals surface area contributed by atoms with E-state index in [4.69, 9.17) is 4.74 Å². The maximum atomic E-state index is 12.3. The number of anilines is 1. The Hall–Kier alpha value is -1.85. The summed E-state index contributed by atoms with van der Waals surface area (Å²) in [4.78, 5) is 12.3. The lowest BCUT2D eigenvalue weighted by Gasteiger charge is -2.31. The normalized spacial score (nSPS) is 20.6. The van der Waals surface area contributed by atoms with Crippen LogP contribution in [0.2, 0.25) is 0 Å². The molecule has 0 unspecified atom stereocenters. The van der Waals surface area contributed by atoms with Gasteiger partial charge in [0.25, 0.3) is 0 Å². The molecule has 2 N–H and O–H groups in total. The number of rotatable bonds is 2. The Kier molecular flexibility index (Phi) is 3.69. The monoisotopic (exact) mass is 347 g/mol. The Bertz CT molecular complexity index is 684. The molecule has 21 heavy (non-hydrogen) atoms. The van der Waals surface area contributed by atoms with E-state index in [1.165, 1.54) is 0 Å². The summed E-state index contributed by atoms with van der Waals surface area (Å²) in [5, 5.41) is 13.5. The van der Waals surface area contributed by atoms with Gasteiger partial charge in [0.2, 0.25) is 0 Å². The average molecular weight is 348 g/mol. The van der Waals surface area contributed by atoms with Gasteiger partial charge in [-0.2, -0.15) is 0 Å². The topological polar surface area (TPSA) is 58.6 Å². The van der Waals surface area contributed by atoms with E-state index in [2.05, 4.69) is 21.2 Å². The zero-order valence-corrected chi connectivity index (χ0v) is 12.9. The van der Waals surface area contributed by atoms with Crippen LogP contribution in [-0.4, -0.2) is 24.1 Å². The van der Waals surface area contributed by atoms with E-state index in [0.29, 0.717) is 5.56 Å². The van der Waals surface area contributed by atoms with Gasteiger partial charge in [0.1, 0.15) is 11.9 Å². The number of carbonyl (C=O) groups is 1. The van der Waals surface area contributed by atoms with Crippen molar-refractivity contribution in [3.05, 3.63) is 58.1 Å². The largest absolute Gasteiger partial charge is 0.497 e. The van der Waals surface area contributed by atoms with E-state index in [9.17, 15) is 9.90 Å². The molecule has 0 spiro atoms. The first-order valence-electron chi connectivity index (χ1n) is 6.52. The Morgan fingerprint density at radius 1 is 1.19 bits per heavy atom. The van der Waals surface area contributed by atoms with Crippen LogP contribution in [0.4, 0.5) is 5.69 Å². The number of aliphatic hydroxyl groups excluding tert-OH is 1. The van der Waals surface area contributed by atoms with Crippen molar-refractivity contribution in [1.29, 1.82) is 0 Å². The maximum Gasteiger partial charge on any atom is 0.195 e. The molecule has 0 aromatic heterocycles. The maximum absolute atomic E-state index is 12.3. The SMILES string of the molecule is COc1ccc([C@@H]2Nc3ccc(Br)cc3C(=O)[C@@H]2O)cc1. The van der Waals surface area contributed by atoms with E-state index in [1.807, 2.05) is 36.4 Å². The molecular formula is C16H14BrNO3. The third kappa shape index (κ3) is 2.54. The van der Waals surface area contributed by atoms with Crippen LogP contribution in [0.5, 0.6) is 5.75 Å². The van der Waals surface area contributed by atoms with Crippen molar-refractivity contribution in [2.24, 2.45) is 0 Å². The number of aliphatic hydroxyl groups is 1. The smallest absolute Gasteiger partial charge is 0.195 e. The van der Waals surface area contributed by atoms with Crippen LogP contribution < -0.4 is 10.1 Å². The number of ether oxygens (including phenoxy) is 1. The van der Waals surface area contributed by atoms with E-state index < -0.39 is 12.1 Å². The van der Waals surface area contributed by atoms with Crippen molar-refractivity contribution < 1.29 is 14.6 Å². The van der Waals surface area contributed by atoms with Crippen LogP contribution in [-0.2, 0) is 0 Å². The van der Waals surface area contributed by atoms with Crippen LogP contribution in [0.3, 0.4) is 0 Å². The summed E-state index contributed by atoms with van der Waals surface area (Å²) >= 11 is 3.34. The number of hydrogen-bond donors (Lipinski definition) is 2. The molecule has 0 radical (unpaired) electrons. The molecule has 1 aliphatic rings. The summed E-state index contributed by atoms with van der Waals surface area (Å²) in [5.41, 5.74) is 2.07. The Morgan fingerprint density at radius 3 is 2.57 bits per heavy atom. The van der Waals surface area contributed by atoms with Gasteiger partial charge in [-0.25, -0.2) is 0 Å². The van der Waals surface area contributed by atoms with Crippen molar-refractivity contribution in [1.82, 2.24) is 0 Å². The van der Waals surface area contributed by atoms with Crippen LogP contribution in [0.25, 0.3) is 0 Å². The lowest BCUT2D eigenvalue weighted by Crippen LogP contribution is -2.37. The van der Waals surface area contributed by atoms with Gasteiger partial charge >= 0.3 is 0 Å². The average Bonchev–Trinajstić information content (AvgIpc) is 2.51. The molecule has 5 heteroatoms. The molecule has 4 nitrogen and oxygen atoms in total. The highest BCUT2D eigenvalue weighted by atomic mass is 79.9. The third-order valence-electron chi connectivity index (χ3n) is 3.62. The summed E-state index contributed by atoms with van der Waals surface area (Å²) in [6.45, 7) is 0. The van der Waals surface area contributed by atoms with E-state index >= 15 is 0 Å². The van der Waals surface area contributed by atoms with Crippen LogP contribution in [0, 0.1) is 0 Å². The number of ketones is 1. The molecule has 2 aromatic rings. The van der Waals surface area contributed by atoms with E-state index in [-0.39, 0.29) is 5.78 Å². The molecule has 3 rings (SSSR count). The summed E-state index contributed by atoms with van der Waals surface area (Å²) in [6, 6.07) is 12.3. The molecule has 0 aliphatic carbocycles. The zero-order valence-electron chi connectivity index (χ0n) is 11.3. The third-order valence-corrected chi connectivity index (χ3v) is 4.11. The van der Waals surface area contributed by atoms with Gasteiger partial charge in [-0.05, 0) is 35.9 Å². The first-order chi connectivity index (χ1) is 10.1. The molecule has 0 saturated carbocycles. The van der Waals surface area contributed by atoms with Gasteiger partial charge in [-0.1, -0.05) is 28.1 Å². The minimum Gasteiger partial charge on any atom is -0.497 e. The molecule has 0 bridgehead atoms. The standard InChI is InChI=1S/C16H14BrNO3/c1-21-11-5-2-9(3-6-11)14-16(20)15(19)12-8-10(17)4-7-13(12)18-14/h2-8,14,16,18,20H,1H3/t14-,16+/m0/s1. The molecule has 0 saturated heterocycles. The van der Waals surface area contributed by atoms with Crippen molar-refractivity contribution >= 4 is 27.4 Å². The highest BCUT2D eigenvalue weighted by Gasteiger charge is 2.34. The fourth-order valence-corrected chi connectivity index (χ4v) is 2.84. The van der Waals surface area contributed by atoms with Gasteiger partial charge in [0.05, 0.1) is 13.2 Å². The number of benzene rings is 2. The number of hydrogen-bond acceptors (Lipinski definition) is 4. The summed E-state index contributed by atoms with van der Waals surface area (Å²) < 4.78 is 5.93. The first kappa shape index (κ1) is 14.1. The Morgan fingerprint density at radius 2 is 1.90 bits per heavy atom. The quantitative estimate of drug-likeness (QED) is 0.875. The van der Waals surface area contributed by atoms with Crippen molar-refractivity contribution in [2.75, 3.05) is 12.4 Å².